The quantitative estimate of drug-likeness (QED) is 0.753. The molecule has 2 rings (SSSR count). The van der Waals surface area contributed by atoms with Gasteiger partial charge < -0.3 is 10.1 Å². The van der Waals surface area contributed by atoms with Crippen molar-refractivity contribution in [3.63, 3.8) is 0 Å². The third-order valence-electron chi connectivity index (χ3n) is 3.08. The average molecular weight is 254 g/mol. The highest BCUT2D eigenvalue weighted by Gasteiger charge is 2.19. The normalized spacial score (nSPS) is 14.9. The summed E-state index contributed by atoms with van der Waals surface area (Å²) in [6.07, 6.45) is 3.73. The lowest BCUT2D eigenvalue weighted by Crippen LogP contribution is -2.23. The number of hydrogen-bond donors (Lipinski definition) is 1. The molecule has 0 spiro atoms. The molecule has 1 N–H and O–H groups in total. The van der Waals surface area contributed by atoms with Gasteiger partial charge >= 0.3 is 0 Å². The molecule has 0 saturated heterocycles. The Morgan fingerprint density at radius 3 is 2.94 bits per heavy atom. The van der Waals surface area contributed by atoms with Crippen LogP contribution < -0.4 is 10.1 Å². The molecule has 1 aromatic carbocycles. The summed E-state index contributed by atoms with van der Waals surface area (Å²) in [6, 6.07) is 5.87. The predicted octanol–water partition coefficient (Wildman–Crippen LogP) is 3.28. The number of benzene rings is 1. The van der Waals surface area contributed by atoms with Crippen LogP contribution in [0.15, 0.2) is 18.2 Å². The van der Waals surface area contributed by atoms with Crippen molar-refractivity contribution >= 4 is 11.6 Å². The van der Waals surface area contributed by atoms with Crippen LogP contribution in [0.2, 0.25) is 5.02 Å². The maximum atomic E-state index is 6.05. The van der Waals surface area contributed by atoms with Gasteiger partial charge in [-0.1, -0.05) is 18.5 Å². The van der Waals surface area contributed by atoms with Gasteiger partial charge in [-0.3, -0.25) is 0 Å². The molecule has 0 unspecified atom stereocenters. The summed E-state index contributed by atoms with van der Waals surface area (Å²) in [7, 11) is 0. The van der Waals surface area contributed by atoms with Gasteiger partial charge in [0.05, 0.1) is 0 Å². The second kappa shape index (κ2) is 6.27. The molecule has 0 radical (unpaired) electrons. The van der Waals surface area contributed by atoms with Gasteiger partial charge in [0.15, 0.2) is 0 Å². The molecular formula is C14H20ClNO. The van der Waals surface area contributed by atoms with Crippen LogP contribution in [0.4, 0.5) is 0 Å². The van der Waals surface area contributed by atoms with Crippen LogP contribution in [0.25, 0.3) is 0 Å². The van der Waals surface area contributed by atoms with Crippen molar-refractivity contribution < 1.29 is 4.74 Å². The van der Waals surface area contributed by atoms with E-state index in [0.717, 1.165) is 48.4 Å². The summed E-state index contributed by atoms with van der Waals surface area (Å²) in [4.78, 5) is 0. The van der Waals surface area contributed by atoms with E-state index >= 15 is 0 Å². The zero-order chi connectivity index (χ0) is 12.1. The van der Waals surface area contributed by atoms with Crippen LogP contribution in [-0.2, 0) is 6.42 Å². The summed E-state index contributed by atoms with van der Waals surface area (Å²) in [5.41, 5.74) is 1.15. The van der Waals surface area contributed by atoms with E-state index in [9.17, 15) is 0 Å². The van der Waals surface area contributed by atoms with Gasteiger partial charge in [0.1, 0.15) is 12.4 Å². The zero-order valence-corrected chi connectivity index (χ0v) is 11.1. The van der Waals surface area contributed by atoms with Gasteiger partial charge in [0.25, 0.3) is 0 Å². The summed E-state index contributed by atoms with van der Waals surface area (Å²) in [6.45, 7) is 4.88. The fourth-order valence-corrected chi connectivity index (χ4v) is 2.03. The average Bonchev–Trinajstić information content (AvgIpc) is 3.15. The predicted molar refractivity (Wildman–Crippen MR) is 71.9 cm³/mol. The van der Waals surface area contributed by atoms with Crippen LogP contribution >= 0.6 is 11.6 Å². The Kier molecular flexibility index (Phi) is 4.69. The number of halogens is 1. The van der Waals surface area contributed by atoms with Gasteiger partial charge in [0.2, 0.25) is 0 Å². The van der Waals surface area contributed by atoms with E-state index in [4.69, 9.17) is 16.3 Å². The van der Waals surface area contributed by atoms with Crippen molar-refractivity contribution in [2.24, 2.45) is 5.92 Å². The summed E-state index contributed by atoms with van der Waals surface area (Å²) in [5, 5.41) is 4.23. The van der Waals surface area contributed by atoms with Crippen LogP contribution in [0, 0.1) is 5.92 Å². The smallest absolute Gasteiger partial charge is 0.119 e. The van der Waals surface area contributed by atoms with E-state index in [0.29, 0.717) is 0 Å². The Morgan fingerprint density at radius 2 is 2.24 bits per heavy atom. The molecule has 2 nitrogen and oxygen atoms in total. The van der Waals surface area contributed by atoms with Gasteiger partial charge in [-0.2, -0.15) is 0 Å². The van der Waals surface area contributed by atoms with E-state index < -0.39 is 0 Å². The van der Waals surface area contributed by atoms with E-state index in [1.54, 1.807) is 0 Å². The van der Waals surface area contributed by atoms with E-state index in [1.165, 1.54) is 12.8 Å². The molecular weight excluding hydrogens is 234 g/mol. The zero-order valence-electron chi connectivity index (χ0n) is 10.3. The molecule has 1 aromatic rings. The Balaban J connectivity index is 1.70. The number of rotatable bonds is 7. The Labute approximate surface area is 108 Å². The first-order chi connectivity index (χ1) is 8.29. The Morgan fingerprint density at radius 1 is 1.41 bits per heavy atom. The molecule has 0 atom stereocenters. The van der Waals surface area contributed by atoms with Crippen molar-refractivity contribution in [3.8, 4) is 5.75 Å². The molecule has 0 amide bonds. The molecule has 3 heteroatoms. The van der Waals surface area contributed by atoms with E-state index in [2.05, 4.69) is 12.2 Å². The number of ether oxygens (including phenoxy) is 1. The Bertz CT molecular complexity index is 363. The second-order valence-electron chi connectivity index (χ2n) is 4.60. The van der Waals surface area contributed by atoms with Gasteiger partial charge in [-0.25, -0.2) is 0 Å². The SMILES string of the molecule is CCc1cc(OCCNCC2CC2)ccc1Cl. The van der Waals surface area contributed by atoms with Crippen molar-refractivity contribution in [1.29, 1.82) is 0 Å². The highest BCUT2D eigenvalue weighted by atomic mass is 35.5. The summed E-state index contributed by atoms with van der Waals surface area (Å²) < 4.78 is 5.68. The topological polar surface area (TPSA) is 21.3 Å². The molecule has 1 aliphatic rings. The molecule has 0 aromatic heterocycles. The number of aryl methyl sites for hydroxylation is 1. The largest absolute Gasteiger partial charge is 0.492 e. The second-order valence-corrected chi connectivity index (χ2v) is 5.01. The number of nitrogens with one attached hydrogen (secondary N) is 1. The summed E-state index contributed by atoms with van der Waals surface area (Å²) >= 11 is 6.05. The monoisotopic (exact) mass is 253 g/mol. The minimum absolute atomic E-state index is 0.720. The van der Waals surface area contributed by atoms with Crippen LogP contribution in [0.1, 0.15) is 25.3 Å². The van der Waals surface area contributed by atoms with Crippen LogP contribution in [0.3, 0.4) is 0 Å². The molecule has 0 heterocycles. The highest BCUT2D eigenvalue weighted by Crippen LogP contribution is 2.27. The highest BCUT2D eigenvalue weighted by molar-refractivity contribution is 6.31. The van der Waals surface area contributed by atoms with Gasteiger partial charge in [0, 0.05) is 11.6 Å². The first kappa shape index (κ1) is 12.7. The van der Waals surface area contributed by atoms with E-state index in [-0.39, 0.29) is 0 Å². The van der Waals surface area contributed by atoms with Crippen molar-refractivity contribution in [3.05, 3.63) is 28.8 Å². The molecule has 17 heavy (non-hydrogen) atoms. The Hall–Kier alpha value is -0.730. The molecule has 1 aliphatic carbocycles. The minimum Gasteiger partial charge on any atom is -0.492 e. The van der Waals surface area contributed by atoms with Gasteiger partial charge in [-0.05, 0) is 55.5 Å². The molecule has 94 valence electrons. The third-order valence-corrected chi connectivity index (χ3v) is 3.44. The summed E-state index contributed by atoms with van der Waals surface area (Å²) in [5.74, 6) is 1.84. The fourth-order valence-electron chi connectivity index (χ4n) is 1.78. The van der Waals surface area contributed by atoms with Crippen LogP contribution in [0.5, 0.6) is 5.75 Å². The standard InChI is InChI=1S/C14H20ClNO/c1-2-12-9-13(5-6-14(12)15)17-8-7-16-10-11-3-4-11/h5-6,9,11,16H,2-4,7-8,10H2,1H3. The van der Waals surface area contributed by atoms with E-state index in [1.807, 2.05) is 18.2 Å². The van der Waals surface area contributed by atoms with Crippen molar-refractivity contribution in [2.75, 3.05) is 19.7 Å². The van der Waals surface area contributed by atoms with Crippen molar-refractivity contribution in [2.45, 2.75) is 26.2 Å². The lowest BCUT2D eigenvalue weighted by Gasteiger charge is -2.09. The maximum Gasteiger partial charge on any atom is 0.119 e. The minimum atomic E-state index is 0.720. The third kappa shape index (κ3) is 4.21. The van der Waals surface area contributed by atoms with Crippen molar-refractivity contribution in [1.82, 2.24) is 5.32 Å². The fraction of sp³-hybridized carbons (Fsp3) is 0.571. The molecule has 0 aliphatic heterocycles. The maximum absolute atomic E-state index is 6.05. The first-order valence-corrected chi connectivity index (χ1v) is 6.79. The molecule has 1 fully saturated rings. The first-order valence-electron chi connectivity index (χ1n) is 6.41. The lowest BCUT2D eigenvalue weighted by atomic mass is 10.1. The molecule has 0 bridgehead atoms. The number of hydrogen-bond acceptors (Lipinski definition) is 2. The lowest BCUT2D eigenvalue weighted by molar-refractivity contribution is 0.313. The van der Waals surface area contributed by atoms with Gasteiger partial charge in [-0.15, -0.1) is 0 Å². The van der Waals surface area contributed by atoms with Crippen LogP contribution in [-0.4, -0.2) is 19.7 Å². The molecule has 1 saturated carbocycles.